The number of rotatable bonds is 3. The molecule has 100 valence electrons. The molecule has 2 aromatic carbocycles. The topological polar surface area (TPSA) is 76.2 Å². The van der Waals surface area contributed by atoms with Crippen LogP contribution in [0.2, 0.25) is 0 Å². The second-order valence-corrected chi connectivity index (χ2v) is 4.89. The molecule has 0 saturated carbocycles. The molecule has 0 radical (unpaired) electrons. The van der Waals surface area contributed by atoms with Crippen LogP contribution in [0.3, 0.4) is 0 Å². The number of hydrogen-bond acceptors (Lipinski definition) is 4. The van der Waals surface area contributed by atoms with Gasteiger partial charge in [-0.15, -0.1) is 0 Å². The van der Waals surface area contributed by atoms with Crippen molar-refractivity contribution in [3.8, 4) is 17.6 Å². The summed E-state index contributed by atoms with van der Waals surface area (Å²) in [6.07, 6.45) is 0. The Kier molecular flexibility index (Phi) is 4.01. The van der Waals surface area contributed by atoms with E-state index >= 15 is 0 Å². The summed E-state index contributed by atoms with van der Waals surface area (Å²) in [7, 11) is 0. The van der Waals surface area contributed by atoms with E-state index in [2.05, 4.69) is 15.9 Å². The zero-order valence-electron chi connectivity index (χ0n) is 10.5. The number of hydrogen-bond donors (Lipinski definition) is 0. The van der Waals surface area contributed by atoms with Gasteiger partial charge in [0, 0.05) is 16.1 Å². The van der Waals surface area contributed by atoms with Gasteiger partial charge in [-0.1, -0.05) is 6.07 Å². The second kappa shape index (κ2) is 5.72. The van der Waals surface area contributed by atoms with Crippen molar-refractivity contribution in [3.05, 3.63) is 62.1 Å². The molecule has 6 heteroatoms. The quantitative estimate of drug-likeness (QED) is 0.619. The third kappa shape index (κ3) is 2.78. The van der Waals surface area contributed by atoms with Gasteiger partial charge < -0.3 is 4.74 Å². The van der Waals surface area contributed by atoms with E-state index in [1.54, 1.807) is 31.2 Å². The van der Waals surface area contributed by atoms with Crippen LogP contribution in [0.1, 0.15) is 11.1 Å². The third-order valence-electron chi connectivity index (χ3n) is 2.68. The summed E-state index contributed by atoms with van der Waals surface area (Å²) >= 11 is 3.27. The van der Waals surface area contributed by atoms with Crippen molar-refractivity contribution in [3.63, 3.8) is 0 Å². The average molecular weight is 333 g/mol. The van der Waals surface area contributed by atoms with E-state index in [1.165, 1.54) is 12.1 Å². The highest BCUT2D eigenvalue weighted by Crippen LogP contribution is 2.31. The molecular weight excluding hydrogens is 324 g/mol. The third-order valence-corrected chi connectivity index (χ3v) is 3.34. The van der Waals surface area contributed by atoms with Crippen molar-refractivity contribution in [1.29, 1.82) is 5.26 Å². The van der Waals surface area contributed by atoms with Crippen LogP contribution in [-0.4, -0.2) is 4.92 Å². The summed E-state index contributed by atoms with van der Waals surface area (Å²) in [6, 6.07) is 11.7. The lowest BCUT2D eigenvalue weighted by Gasteiger charge is -2.09. The van der Waals surface area contributed by atoms with E-state index in [0.717, 1.165) is 0 Å². The molecule has 2 rings (SSSR count). The van der Waals surface area contributed by atoms with Gasteiger partial charge in [-0.2, -0.15) is 5.26 Å². The fourth-order valence-electron chi connectivity index (χ4n) is 1.72. The lowest BCUT2D eigenvalue weighted by atomic mass is 10.2. The fourth-order valence-corrected chi connectivity index (χ4v) is 2.16. The Morgan fingerprint density at radius 3 is 2.70 bits per heavy atom. The minimum Gasteiger partial charge on any atom is -0.456 e. The molecule has 0 saturated heterocycles. The van der Waals surface area contributed by atoms with Crippen molar-refractivity contribution in [2.75, 3.05) is 0 Å². The van der Waals surface area contributed by atoms with Crippen molar-refractivity contribution >= 4 is 21.6 Å². The van der Waals surface area contributed by atoms with Crippen molar-refractivity contribution in [2.45, 2.75) is 6.92 Å². The van der Waals surface area contributed by atoms with Gasteiger partial charge in [-0.25, -0.2) is 0 Å². The first-order valence-corrected chi connectivity index (χ1v) is 6.43. The molecule has 0 heterocycles. The van der Waals surface area contributed by atoms with Crippen LogP contribution in [0.4, 0.5) is 5.69 Å². The second-order valence-electron chi connectivity index (χ2n) is 4.03. The van der Waals surface area contributed by atoms with Crippen LogP contribution in [0.15, 0.2) is 40.9 Å². The first-order chi connectivity index (χ1) is 9.52. The van der Waals surface area contributed by atoms with Crippen LogP contribution in [0.5, 0.6) is 11.5 Å². The summed E-state index contributed by atoms with van der Waals surface area (Å²) in [5.41, 5.74) is 0.914. The normalized spacial score (nSPS) is 9.85. The fraction of sp³-hybridized carbons (Fsp3) is 0.0714. The van der Waals surface area contributed by atoms with E-state index in [9.17, 15) is 10.1 Å². The lowest BCUT2D eigenvalue weighted by Crippen LogP contribution is -1.93. The largest absolute Gasteiger partial charge is 0.456 e. The number of nitrogens with zero attached hydrogens (tertiary/aromatic N) is 2. The summed E-state index contributed by atoms with van der Waals surface area (Å²) in [5.74, 6) is 0.845. The summed E-state index contributed by atoms with van der Waals surface area (Å²) in [4.78, 5) is 10.3. The van der Waals surface area contributed by atoms with Gasteiger partial charge >= 0.3 is 0 Å². The van der Waals surface area contributed by atoms with E-state index in [0.29, 0.717) is 27.1 Å². The summed E-state index contributed by atoms with van der Waals surface area (Å²) in [5, 5.41) is 19.9. The molecule has 2 aromatic rings. The number of benzene rings is 2. The zero-order chi connectivity index (χ0) is 14.7. The molecule has 0 N–H and O–H groups in total. The molecule has 0 atom stereocenters. The van der Waals surface area contributed by atoms with Crippen molar-refractivity contribution < 1.29 is 9.66 Å². The predicted molar refractivity (Wildman–Crippen MR) is 76.8 cm³/mol. The van der Waals surface area contributed by atoms with Crippen LogP contribution in [0.25, 0.3) is 0 Å². The molecule has 20 heavy (non-hydrogen) atoms. The first kappa shape index (κ1) is 14.0. The maximum Gasteiger partial charge on any atom is 0.272 e. The standard InChI is InChI=1S/C14H9BrN2O3/c1-9-7-10(5-6-13(9)17(18)19)20-14-4-2-3-12(15)11(14)8-16/h2-7H,1H3. The number of nitro benzene ring substituents is 1. The van der Waals surface area contributed by atoms with Gasteiger partial charge in [0.25, 0.3) is 5.69 Å². The van der Waals surface area contributed by atoms with Gasteiger partial charge in [0.05, 0.1) is 4.92 Å². The number of ether oxygens (including phenoxy) is 1. The Balaban J connectivity index is 2.37. The van der Waals surface area contributed by atoms with Crippen LogP contribution in [0, 0.1) is 28.4 Å². The molecule has 0 aliphatic rings. The van der Waals surface area contributed by atoms with Crippen LogP contribution in [-0.2, 0) is 0 Å². The zero-order valence-corrected chi connectivity index (χ0v) is 12.0. The van der Waals surface area contributed by atoms with Gasteiger partial charge in [0.15, 0.2) is 0 Å². The maximum atomic E-state index is 10.8. The van der Waals surface area contributed by atoms with E-state index < -0.39 is 4.92 Å². The number of halogens is 1. The van der Waals surface area contributed by atoms with Gasteiger partial charge in [-0.05, 0) is 47.1 Å². The lowest BCUT2D eigenvalue weighted by molar-refractivity contribution is -0.385. The molecule has 0 unspecified atom stereocenters. The molecule has 0 aliphatic carbocycles. The molecule has 0 amide bonds. The van der Waals surface area contributed by atoms with E-state index in [4.69, 9.17) is 10.00 Å². The van der Waals surface area contributed by atoms with Crippen molar-refractivity contribution in [2.24, 2.45) is 0 Å². The average Bonchev–Trinajstić information content (AvgIpc) is 2.38. The Morgan fingerprint density at radius 1 is 1.35 bits per heavy atom. The minimum atomic E-state index is -0.446. The Morgan fingerprint density at radius 2 is 2.10 bits per heavy atom. The molecule has 0 spiro atoms. The van der Waals surface area contributed by atoms with Gasteiger partial charge in [0.2, 0.25) is 0 Å². The van der Waals surface area contributed by atoms with Gasteiger partial charge in [-0.3, -0.25) is 10.1 Å². The Hall–Kier alpha value is -2.39. The Labute approximate surface area is 123 Å². The van der Waals surface area contributed by atoms with Crippen LogP contribution < -0.4 is 4.74 Å². The van der Waals surface area contributed by atoms with Crippen molar-refractivity contribution in [1.82, 2.24) is 0 Å². The monoisotopic (exact) mass is 332 g/mol. The highest BCUT2D eigenvalue weighted by Gasteiger charge is 2.13. The SMILES string of the molecule is Cc1cc(Oc2cccc(Br)c2C#N)ccc1[N+](=O)[O-]. The maximum absolute atomic E-state index is 10.8. The molecule has 5 nitrogen and oxygen atoms in total. The molecule has 0 aromatic heterocycles. The van der Waals surface area contributed by atoms with E-state index in [1.807, 2.05) is 6.07 Å². The molecule has 0 fully saturated rings. The number of nitriles is 1. The first-order valence-electron chi connectivity index (χ1n) is 5.64. The molecule has 0 aliphatic heterocycles. The summed E-state index contributed by atoms with van der Waals surface area (Å²) in [6.45, 7) is 1.64. The number of aryl methyl sites for hydroxylation is 1. The molecule has 0 bridgehead atoms. The predicted octanol–water partition coefficient (Wildman–Crippen LogP) is 4.33. The highest BCUT2D eigenvalue weighted by molar-refractivity contribution is 9.10. The highest BCUT2D eigenvalue weighted by atomic mass is 79.9. The molecular formula is C14H9BrN2O3. The van der Waals surface area contributed by atoms with Gasteiger partial charge in [0.1, 0.15) is 23.1 Å². The van der Waals surface area contributed by atoms with E-state index in [-0.39, 0.29) is 5.69 Å². The smallest absolute Gasteiger partial charge is 0.272 e. The van der Waals surface area contributed by atoms with Crippen LogP contribution >= 0.6 is 15.9 Å². The number of nitro groups is 1. The minimum absolute atomic E-state index is 0.0344. The Bertz CT molecular complexity index is 723. The summed E-state index contributed by atoms with van der Waals surface area (Å²) < 4.78 is 6.26.